The third-order valence-electron chi connectivity index (χ3n) is 3.08. The van der Waals surface area contributed by atoms with E-state index in [0.29, 0.717) is 5.88 Å². The van der Waals surface area contributed by atoms with Gasteiger partial charge in [0.1, 0.15) is 5.75 Å². The minimum atomic E-state index is 0.570. The van der Waals surface area contributed by atoms with Crippen LogP contribution in [0, 0.1) is 6.92 Å². The summed E-state index contributed by atoms with van der Waals surface area (Å²) in [4.78, 5) is 4.27. The van der Waals surface area contributed by atoms with Crippen LogP contribution < -0.4 is 4.74 Å². The molecule has 100 valence electrons. The van der Waals surface area contributed by atoms with E-state index in [4.69, 9.17) is 4.74 Å². The molecule has 0 saturated carbocycles. The molecule has 1 aromatic heterocycles. The van der Waals surface area contributed by atoms with Crippen molar-refractivity contribution in [1.82, 2.24) is 4.98 Å². The van der Waals surface area contributed by atoms with Crippen LogP contribution >= 0.6 is 31.9 Å². The van der Waals surface area contributed by atoms with Gasteiger partial charge in [-0.3, -0.25) is 0 Å². The van der Waals surface area contributed by atoms with E-state index in [9.17, 15) is 0 Å². The summed E-state index contributed by atoms with van der Waals surface area (Å²) in [5.74, 6) is 1.32. The molecule has 2 aromatic carbocycles. The van der Waals surface area contributed by atoms with Crippen LogP contribution in [0.2, 0.25) is 0 Å². The topological polar surface area (TPSA) is 22.1 Å². The largest absolute Gasteiger partial charge is 0.437 e. The molecule has 0 spiro atoms. The van der Waals surface area contributed by atoms with Crippen molar-refractivity contribution in [2.24, 2.45) is 0 Å². The number of ether oxygens (including phenoxy) is 1. The number of aromatic nitrogens is 1. The van der Waals surface area contributed by atoms with E-state index in [1.54, 1.807) is 6.20 Å². The lowest BCUT2D eigenvalue weighted by Crippen LogP contribution is -1.92. The summed E-state index contributed by atoms with van der Waals surface area (Å²) in [6.07, 6.45) is 1.74. The number of fused-ring (bicyclic) bond motifs is 1. The number of hydrogen-bond acceptors (Lipinski definition) is 2. The molecule has 1 heterocycles. The molecule has 0 aliphatic rings. The van der Waals surface area contributed by atoms with Crippen LogP contribution in [0.1, 0.15) is 5.56 Å². The second-order valence-electron chi connectivity index (χ2n) is 4.45. The molecule has 3 rings (SSSR count). The van der Waals surface area contributed by atoms with Crippen molar-refractivity contribution >= 4 is 42.6 Å². The summed E-state index contributed by atoms with van der Waals surface area (Å²) in [6.45, 7) is 2.01. The van der Waals surface area contributed by atoms with Crippen molar-refractivity contribution in [3.63, 3.8) is 0 Å². The molecule has 0 amide bonds. The van der Waals surface area contributed by atoms with Gasteiger partial charge in [0.05, 0.1) is 8.95 Å². The zero-order chi connectivity index (χ0) is 14.1. The van der Waals surface area contributed by atoms with Gasteiger partial charge in [0, 0.05) is 6.20 Å². The molecule has 0 atom stereocenters. The van der Waals surface area contributed by atoms with Gasteiger partial charge in [0.2, 0.25) is 5.88 Å². The lowest BCUT2D eigenvalue weighted by molar-refractivity contribution is 0.457. The summed E-state index contributed by atoms with van der Waals surface area (Å²) in [7, 11) is 0. The number of halogens is 2. The van der Waals surface area contributed by atoms with Crippen molar-refractivity contribution in [1.29, 1.82) is 0 Å². The van der Waals surface area contributed by atoms with Gasteiger partial charge in [0.15, 0.2) is 0 Å². The van der Waals surface area contributed by atoms with Gasteiger partial charge in [-0.25, -0.2) is 4.98 Å². The van der Waals surface area contributed by atoms with E-state index in [2.05, 4.69) is 49.0 Å². The van der Waals surface area contributed by atoms with Gasteiger partial charge in [-0.15, -0.1) is 0 Å². The third-order valence-corrected chi connectivity index (χ3v) is 4.87. The average molecular weight is 393 g/mol. The van der Waals surface area contributed by atoms with Gasteiger partial charge in [0.25, 0.3) is 0 Å². The molecule has 0 radical (unpaired) electrons. The number of aryl methyl sites for hydroxylation is 1. The Morgan fingerprint density at radius 1 is 0.950 bits per heavy atom. The molecule has 20 heavy (non-hydrogen) atoms. The molecule has 0 bridgehead atoms. The Balaban J connectivity index is 2.07. The summed E-state index contributed by atoms with van der Waals surface area (Å²) in [5, 5.41) is 2.29. The van der Waals surface area contributed by atoms with Crippen molar-refractivity contribution in [2.45, 2.75) is 6.92 Å². The Kier molecular flexibility index (Phi) is 3.76. The first-order valence-corrected chi connectivity index (χ1v) is 7.71. The molecule has 3 aromatic rings. The van der Waals surface area contributed by atoms with E-state index >= 15 is 0 Å². The molecular weight excluding hydrogens is 382 g/mol. The maximum Gasteiger partial charge on any atom is 0.233 e. The van der Waals surface area contributed by atoms with Crippen LogP contribution in [0.3, 0.4) is 0 Å². The molecule has 0 saturated heterocycles. The highest BCUT2D eigenvalue weighted by Crippen LogP contribution is 2.37. The number of benzene rings is 2. The standard InChI is InChI=1S/C16H11Br2NO/c1-10-8-9-19-16(14(10)17)20-13-7-6-11-4-2-3-5-12(11)15(13)18/h2-9H,1H3. The Bertz CT molecular complexity index is 787. The van der Waals surface area contributed by atoms with E-state index in [1.165, 1.54) is 5.39 Å². The molecule has 0 aliphatic carbocycles. The molecule has 4 heteroatoms. The molecular formula is C16H11Br2NO. The zero-order valence-corrected chi connectivity index (χ0v) is 13.9. The monoisotopic (exact) mass is 391 g/mol. The van der Waals surface area contributed by atoms with Crippen molar-refractivity contribution in [3.05, 3.63) is 63.2 Å². The first-order chi connectivity index (χ1) is 9.66. The maximum absolute atomic E-state index is 5.92. The normalized spacial score (nSPS) is 10.8. The summed E-state index contributed by atoms with van der Waals surface area (Å²) in [5.41, 5.74) is 1.09. The van der Waals surface area contributed by atoms with Crippen molar-refractivity contribution < 1.29 is 4.74 Å². The fourth-order valence-corrected chi connectivity index (χ4v) is 2.87. The second-order valence-corrected chi connectivity index (χ2v) is 6.03. The summed E-state index contributed by atoms with van der Waals surface area (Å²) in [6, 6.07) is 14.1. The predicted molar refractivity (Wildman–Crippen MR) is 88.4 cm³/mol. The third kappa shape index (κ3) is 2.45. The van der Waals surface area contributed by atoms with Crippen LogP contribution in [0.15, 0.2) is 57.6 Å². The smallest absolute Gasteiger partial charge is 0.233 e. The van der Waals surface area contributed by atoms with Crippen LogP contribution in [0.25, 0.3) is 10.8 Å². The van der Waals surface area contributed by atoms with Gasteiger partial charge in [-0.1, -0.05) is 30.3 Å². The van der Waals surface area contributed by atoms with Crippen LogP contribution in [-0.4, -0.2) is 4.98 Å². The highest BCUT2D eigenvalue weighted by Gasteiger charge is 2.11. The quantitative estimate of drug-likeness (QED) is 0.544. The van der Waals surface area contributed by atoms with Crippen LogP contribution in [0.4, 0.5) is 0 Å². The minimum Gasteiger partial charge on any atom is -0.437 e. The number of pyridine rings is 1. The summed E-state index contributed by atoms with van der Waals surface area (Å²) < 4.78 is 7.73. The highest BCUT2D eigenvalue weighted by molar-refractivity contribution is 9.11. The van der Waals surface area contributed by atoms with Crippen LogP contribution in [0.5, 0.6) is 11.6 Å². The molecule has 2 nitrogen and oxygen atoms in total. The van der Waals surface area contributed by atoms with E-state index in [0.717, 1.165) is 25.6 Å². The Morgan fingerprint density at radius 3 is 2.60 bits per heavy atom. The number of nitrogens with zero attached hydrogens (tertiary/aromatic N) is 1. The zero-order valence-electron chi connectivity index (χ0n) is 10.7. The molecule has 0 aliphatic heterocycles. The maximum atomic E-state index is 5.92. The second kappa shape index (κ2) is 5.54. The molecule has 0 fully saturated rings. The van der Waals surface area contributed by atoms with E-state index < -0.39 is 0 Å². The van der Waals surface area contributed by atoms with E-state index in [-0.39, 0.29) is 0 Å². The van der Waals surface area contributed by atoms with Gasteiger partial charge >= 0.3 is 0 Å². The van der Waals surface area contributed by atoms with E-state index in [1.807, 2.05) is 37.3 Å². The lowest BCUT2D eigenvalue weighted by atomic mass is 10.1. The van der Waals surface area contributed by atoms with Gasteiger partial charge in [-0.05, 0) is 67.3 Å². The van der Waals surface area contributed by atoms with Crippen molar-refractivity contribution in [3.8, 4) is 11.6 Å². The Morgan fingerprint density at radius 2 is 1.75 bits per heavy atom. The highest BCUT2D eigenvalue weighted by atomic mass is 79.9. The fraction of sp³-hybridized carbons (Fsp3) is 0.0625. The van der Waals surface area contributed by atoms with Crippen molar-refractivity contribution in [2.75, 3.05) is 0 Å². The average Bonchev–Trinajstić information content (AvgIpc) is 2.47. The minimum absolute atomic E-state index is 0.570. The molecule has 0 N–H and O–H groups in total. The fourth-order valence-electron chi connectivity index (χ4n) is 1.98. The summed E-state index contributed by atoms with van der Waals surface area (Å²) >= 11 is 7.12. The first-order valence-electron chi connectivity index (χ1n) is 6.13. The first kappa shape index (κ1) is 13.6. The lowest BCUT2D eigenvalue weighted by Gasteiger charge is -2.11. The number of rotatable bonds is 2. The molecule has 0 unspecified atom stereocenters. The Hall–Kier alpha value is -1.39. The predicted octanol–water partition coefficient (Wildman–Crippen LogP) is 5.86. The van der Waals surface area contributed by atoms with Gasteiger partial charge in [-0.2, -0.15) is 0 Å². The SMILES string of the molecule is Cc1ccnc(Oc2ccc3ccccc3c2Br)c1Br. The number of hydrogen-bond donors (Lipinski definition) is 0. The Labute approximate surface area is 134 Å². The van der Waals surface area contributed by atoms with Gasteiger partial charge < -0.3 is 4.74 Å². The van der Waals surface area contributed by atoms with Crippen LogP contribution in [-0.2, 0) is 0 Å².